The van der Waals surface area contributed by atoms with E-state index in [9.17, 15) is 4.79 Å². The fraction of sp³-hybridized carbons (Fsp3) is 0.111. The molecule has 128 valence electrons. The molecule has 0 atom stereocenters. The first-order chi connectivity index (χ1) is 12.0. The Kier molecular flexibility index (Phi) is 6.00. The summed E-state index contributed by atoms with van der Waals surface area (Å²) >= 11 is 0. The summed E-state index contributed by atoms with van der Waals surface area (Å²) < 4.78 is 0. The van der Waals surface area contributed by atoms with Crippen LogP contribution in [-0.4, -0.2) is 35.3 Å². The number of nitrogens with zero attached hydrogens (tertiary/aromatic N) is 4. The lowest BCUT2D eigenvalue weighted by Gasteiger charge is -2.11. The third kappa shape index (κ3) is 5.28. The lowest BCUT2D eigenvalue weighted by molar-refractivity contribution is 0.112. The Bertz CT molecular complexity index is 798. The zero-order valence-electron chi connectivity index (χ0n) is 14.1. The first-order valence-corrected chi connectivity index (χ1v) is 7.54. The predicted octanol–water partition coefficient (Wildman–Crippen LogP) is 2.27. The summed E-state index contributed by atoms with van der Waals surface area (Å²) in [6, 6.07) is 16.9. The van der Waals surface area contributed by atoms with Gasteiger partial charge < -0.3 is 16.4 Å². The van der Waals surface area contributed by atoms with Crippen LogP contribution < -0.4 is 16.4 Å². The molecule has 4 N–H and O–H groups in total. The first kappa shape index (κ1) is 17.9. The zero-order chi connectivity index (χ0) is 18.2. The molecular formula is C18H20N6O. The van der Waals surface area contributed by atoms with Crippen LogP contribution in [0.1, 0.15) is 10.4 Å². The van der Waals surface area contributed by atoms with Gasteiger partial charge in [0.1, 0.15) is 6.29 Å². The summed E-state index contributed by atoms with van der Waals surface area (Å²) in [6.45, 7) is 0. The van der Waals surface area contributed by atoms with Crippen molar-refractivity contribution in [1.82, 2.24) is 15.0 Å². The van der Waals surface area contributed by atoms with E-state index in [1.807, 2.05) is 73.6 Å². The van der Waals surface area contributed by atoms with Crippen LogP contribution in [0.2, 0.25) is 0 Å². The summed E-state index contributed by atoms with van der Waals surface area (Å²) in [5, 5.41) is 0. The molecule has 1 heterocycles. The van der Waals surface area contributed by atoms with Gasteiger partial charge in [-0.1, -0.05) is 30.3 Å². The number of carbonyl (C=O) groups is 1. The van der Waals surface area contributed by atoms with Gasteiger partial charge in [-0.3, -0.25) is 4.79 Å². The summed E-state index contributed by atoms with van der Waals surface area (Å²) in [7, 11) is 3.94. The van der Waals surface area contributed by atoms with Crippen LogP contribution in [0.15, 0.2) is 54.6 Å². The minimum Gasteiger partial charge on any atom is -0.378 e. The third-order valence-corrected chi connectivity index (χ3v) is 3.25. The van der Waals surface area contributed by atoms with Crippen LogP contribution in [0, 0.1) is 0 Å². The van der Waals surface area contributed by atoms with Crippen LogP contribution in [0.25, 0.3) is 11.4 Å². The molecule has 1 aromatic heterocycles. The molecule has 0 aliphatic carbocycles. The summed E-state index contributed by atoms with van der Waals surface area (Å²) in [5.74, 6) is 0.767. The molecule has 0 saturated carbocycles. The number of aldehydes is 1. The van der Waals surface area contributed by atoms with Gasteiger partial charge >= 0.3 is 0 Å². The molecule has 3 rings (SSSR count). The monoisotopic (exact) mass is 336 g/mol. The van der Waals surface area contributed by atoms with E-state index in [1.165, 1.54) is 0 Å². The van der Waals surface area contributed by atoms with Gasteiger partial charge in [-0.05, 0) is 24.3 Å². The standard InChI is InChI=1S/C9H9N5.C9H11NO/c10-8-12-7(13-9(11)14-8)6-4-2-1-3-5-6;1-10(2)9-5-3-8(7-11)4-6-9/h1-5H,(H4,10,11,12,13,14);3-7H,1-2H3. The maximum atomic E-state index is 10.3. The van der Waals surface area contributed by atoms with Gasteiger partial charge in [0, 0.05) is 30.9 Å². The van der Waals surface area contributed by atoms with E-state index in [0.717, 1.165) is 23.1 Å². The number of aromatic nitrogens is 3. The number of rotatable bonds is 3. The van der Waals surface area contributed by atoms with Crippen LogP contribution in [-0.2, 0) is 0 Å². The number of nitrogen functional groups attached to an aromatic ring is 2. The molecule has 2 aromatic carbocycles. The van der Waals surface area contributed by atoms with Crippen molar-refractivity contribution in [3.8, 4) is 11.4 Å². The quantitative estimate of drug-likeness (QED) is 0.706. The molecule has 0 aliphatic rings. The lowest BCUT2D eigenvalue weighted by Crippen LogP contribution is -2.08. The normalized spacial score (nSPS) is 9.68. The van der Waals surface area contributed by atoms with E-state index >= 15 is 0 Å². The van der Waals surface area contributed by atoms with Crippen molar-refractivity contribution in [2.24, 2.45) is 0 Å². The van der Waals surface area contributed by atoms with Crippen molar-refractivity contribution in [3.05, 3.63) is 60.2 Å². The molecular weight excluding hydrogens is 316 g/mol. The van der Waals surface area contributed by atoms with Gasteiger partial charge in [0.15, 0.2) is 5.82 Å². The van der Waals surface area contributed by atoms with Crippen LogP contribution in [0.5, 0.6) is 0 Å². The Labute approximate surface area is 146 Å². The Morgan fingerprint density at radius 1 is 0.840 bits per heavy atom. The molecule has 7 nitrogen and oxygen atoms in total. The second kappa shape index (κ2) is 8.39. The molecule has 0 amide bonds. The van der Waals surface area contributed by atoms with Crippen molar-refractivity contribution >= 4 is 23.9 Å². The number of benzene rings is 2. The van der Waals surface area contributed by atoms with E-state index in [2.05, 4.69) is 15.0 Å². The number of carbonyl (C=O) groups excluding carboxylic acids is 1. The molecule has 0 unspecified atom stereocenters. The van der Waals surface area contributed by atoms with E-state index < -0.39 is 0 Å². The van der Waals surface area contributed by atoms with Gasteiger partial charge in [-0.2, -0.15) is 15.0 Å². The maximum absolute atomic E-state index is 10.3. The van der Waals surface area contributed by atoms with Gasteiger partial charge in [-0.15, -0.1) is 0 Å². The Morgan fingerprint density at radius 3 is 1.88 bits per heavy atom. The number of anilines is 3. The Morgan fingerprint density at radius 2 is 1.40 bits per heavy atom. The Balaban J connectivity index is 0.000000186. The maximum Gasteiger partial charge on any atom is 0.225 e. The summed E-state index contributed by atoms with van der Waals surface area (Å²) in [4.78, 5) is 23.9. The molecule has 7 heteroatoms. The van der Waals surface area contributed by atoms with E-state index in [1.54, 1.807) is 0 Å². The molecule has 25 heavy (non-hydrogen) atoms. The minimum atomic E-state index is 0.136. The van der Waals surface area contributed by atoms with E-state index in [0.29, 0.717) is 5.82 Å². The highest BCUT2D eigenvalue weighted by Gasteiger charge is 2.03. The third-order valence-electron chi connectivity index (χ3n) is 3.25. The molecule has 0 saturated heterocycles. The highest BCUT2D eigenvalue weighted by molar-refractivity contribution is 5.75. The lowest BCUT2D eigenvalue weighted by atomic mass is 10.2. The largest absolute Gasteiger partial charge is 0.378 e. The van der Waals surface area contributed by atoms with Crippen molar-refractivity contribution in [1.29, 1.82) is 0 Å². The number of hydrogen-bond acceptors (Lipinski definition) is 7. The fourth-order valence-electron chi connectivity index (χ4n) is 1.98. The van der Waals surface area contributed by atoms with Gasteiger partial charge in [0.2, 0.25) is 11.9 Å². The van der Waals surface area contributed by atoms with Crippen molar-refractivity contribution < 1.29 is 4.79 Å². The van der Waals surface area contributed by atoms with Crippen LogP contribution in [0.3, 0.4) is 0 Å². The second-order valence-electron chi connectivity index (χ2n) is 5.35. The second-order valence-corrected chi connectivity index (χ2v) is 5.35. The summed E-state index contributed by atoms with van der Waals surface area (Å²) in [6.07, 6.45) is 0.847. The van der Waals surface area contributed by atoms with Gasteiger partial charge in [-0.25, -0.2) is 0 Å². The molecule has 0 fully saturated rings. The number of nitrogens with two attached hydrogens (primary N) is 2. The van der Waals surface area contributed by atoms with Gasteiger partial charge in [0.25, 0.3) is 0 Å². The highest BCUT2D eigenvalue weighted by atomic mass is 16.1. The van der Waals surface area contributed by atoms with E-state index in [-0.39, 0.29) is 11.9 Å². The number of hydrogen-bond donors (Lipinski definition) is 2. The topological polar surface area (TPSA) is 111 Å². The van der Waals surface area contributed by atoms with Gasteiger partial charge in [0.05, 0.1) is 0 Å². The van der Waals surface area contributed by atoms with Crippen molar-refractivity contribution in [2.45, 2.75) is 0 Å². The molecule has 0 bridgehead atoms. The predicted molar refractivity (Wildman–Crippen MR) is 100 cm³/mol. The first-order valence-electron chi connectivity index (χ1n) is 7.54. The average molecular weight is 336 g/mol. The zero-order valence-corrected chi connectivity index (χ0v) is 14.1. The van der Waals surface area contributed by atoms with Crippen molar-refractivity contribution in [2.75, 3.05) is 30.5 Å². The molecule has 0 aliphatic heterocycles. The SMILES string of the molecule is CN(C)c1ccc(C=O)cc1.Nc1nc(N)nc(-c2ccccc2)n1. The molecule has 0 spiro atoms. The van der Waals surface area contributed by atoms with Crippen molar-refractivity contribution in [3.63, 3.8) is 0 Å². The van der Waals surface area contributed by atoms with Crippen LogP contribution in [0.4, 0.5) is 17.6 Å². The Hall–Kier alpha value is -3.48. The summed E-state index contributed by atoms with van der Waals surface area (Å²) in [5.41, 5.74) is 13.6. The highest BCUT2D eigenvalue weighted by Crippen LogP contribution is 2.14. The fourth-order valence-corrected chi connectivity index (χ4v) is 1.98. The smallest absolute Gasteiger partial charge is 0.225 e. The molecule has 0 radical (unpaired) electrons. The van der Waals surface area contributed by atoms with Crippen LogP contribution >= 0.6 is 0 Å². The average Bonchev–Trinajstić information content (AvgIpc) is 2.62. The molecule has 3 aromatic rings. The van der Waals surface area contributed by atoms with E-state index in [4.69, 9.17) is 11.5 Å². The minimum absolute atomic E-state index is 0.136.